The van der Waals surface area contributed by atoms with Crippen molar-refractivity contribution in [3.8, 4) is 0 Å². The number of alkyl halides is 1. The van der Waals surface area contributed by atoms with Crippen LogP contribution in [-0.2, 0) is 15.9 Å². The van der Waals surface area contributed by atoms with Crippen molar-refractivity contribution in [3.05, 3.63) is 15.8 Å². The van der Waals surface area contributed by atoms with Gasteiger partial charge in [0.25, 0.3) is 0 Å². The summed E-state index contributed by atoms with van der Waals surface area (Å²) in [4.78, 5) is 1.11. The summed E-state index contributed by atoms with van der Waals surface area (Å²) in [5.41, 5.74) is 0.779. The van der Waals surface area contributed by atoms with E-state index >= 15 is 0 Å². The van der Waals surface area contributed by atoms with Gasteiger partial charge in [-0.05, 0) is 23.8 Å². The topological polar surface area (TPSA) is 37.4 Å². The van der Waals surface area contributed by atoms with Crippen LogP contribution in [0.15, 0.2) is 10.3 Å². The molecule has 0 aliphatic heterocycles. The van der Waals surface area contributed by atoms with Crippen molar-refractivity contribution in [1.82, 2.24) is 4.31 Å². The fourth-order valence-corrected chi connectivity index (χ4v) is 5.03. The number of hydrogen-bond donors (Lipinski definition) is 0. The second-order valence-corrected chi connectivity index (χ2v) is 7.70. The Morgan fingerprint density at radius 1 is 1.47 bits per heavy atom. The summed E-state index contributed by atoms with van der Waals surface area (Å²) >= 11 is 7.19. The smallest absolute Gasteiger partial charge is 0.207 e. The Balaban J connectivity index is 3.17. The van der Waals surface area contributed by atoms with Gasteiger partial charge in [-0.1, -0.05) is 13.8 Å². The molecule has 0 fully saturated rings. The van der Waals surface area contributed by atoms with E-state index in [1.54, 1.807) is 7.05 Å². The van der Waals surface area contributed by atoms with Crippen LogP contribution in [0.1, 0.15) is 24.3 Å². The summed E-state index contributed by atoms with van der Waals surface area (Å²) in [6.45, 7) is 6.31. The molecule has 0 saturated heterocycles. The Morgan fingerprint density at radius 3 is 2.53 bits per heavy atom. The number of aryl methyl sites for hydroxylation is 1. The highest BCUT2D eigenvalue weighted by Crippen LogP contribution is 2.30. The predicted octanol–water partition coefficient (Wildman–Crippen LogP) is 3.07. The van der Waals surface area contributed by atoms with Gasteiger partial charge in [0.15, 0.2) is 0 Å². The minimum Gasteiger partial charge on any atom is -0.207 e. The van der Waals surface area contributed by atoms with Crippen molar-refractivity contribution in [3.63, 3.8) is 0 Å². The molecule has 1 heterocycles. The zero-order valence-corrected chi connectivity index (χ0v) is 12.9. The minimum absolute atomic E-state index is 0.239. The Hall–Kier alpha value is -0.100. The van der Waals surface area contributed by atoms with Gasteiger partial charge in [0.05, 0.1) is 5.88 Å². The maximum atomic E-state index is 12.4. The SMILES string of the molecule is Cc1csc(CCl)c1S(=O)(=O)N(C)CC(C)C. The fraction of sp³-hybridized carbons (Fsp3) is 0.636. The van der Waals surface area contributed by atoms with Crippen LogP contribution in [-0.4, -0.2) is 26.3 Å². The van der Waals surface area contributed by atoms with Crippen LogP contribution in [0.5, 0.6) is 0 Å². The maximum absolute atomic E-state index is 12.4. The first-order valence-electron chi connectivity index (χ1n) is 5.40. The molecular formula is C11H18ClNO2S2. The zero-order valence-electron chi connectivity index (χ0n) is 10.5. The first-order chi connectivity index (χ1) is 7.80. The predicted molar refractivity (Wildman–Crippen MR) is 73.3 cm³/mol. The molecule has 0 atom stereocenters. The molecule has 3 nitrogen and oxygen atoms in total. The largest absolute Gasteiger partial charge is 0.244 e. The lowest BCUT2D eigenvalue weighted by atomic mass is 10.2. The van der Waals surface area contributed by atoms with Crippen molar-refractivity contribution < 1.29 is 8.42 Å². The molecule has 0 spiro atoms. The molecule has 0 aromatic carbocycles. The van der Waals surface area contributed by atoms with E-state index in [0.29, 0.717) is 17.4 Å². The molecule has 17 heavy (non-hydrogen) atoms. The van der Waals surface area contributed by atoms with Gasteiger partial charge in [0.1, 0.15) is 4.90 Å². The standard InChI is InChI=1S/C11H18ClNO2S2/c1-8(2)6-13(4)17(14,15)11-9(3)7-16-10(11)5-12/h7-8H,5-6H2,1-4H3. The van der Waals surface area contributed by atoms with E-state index in [4.69, 9.17) is 11.6 Å². The van der Waals surface area contributed by atoms with Gasteiger partial charge in [-0.2, -0.15) is 0 Å². The molecule has 0 amide bonds. The van der Waals surface area contributed by atoms with Gasteiger partial charge in [0, 0.05) is 18.5 Å². The summed E-state index contributed by atoms with van der Waals surface area (Å²) in [6.07, 6.45) is 0. The van der Waals surface area contributed by atoms with Crippen LogP contribution in [0.4, 0.5) is 0 Å². The van der Waals surface area contributed by atoms with E-state index in [0.717, 1.165) is 10.4 Å². The number of halogens is 1. The number of nitrogens with zero attached hydrogens (tertiary/aromatic N) is 1. The molecule has 1 rings (SSSR count). The van der Waals surface area contributed by atoms with Gasteiger partial charge >= 0.3 is 0 Å². The zero-order chi connectivity index (χ0) is 13.2. The molecule has 1 aromatic rings. The van der Waals surface area contributed by atoms with E-state index in [2.05, 4.69) is 0 Å². The fourth-order valence-electron chi connectivity index (χ4n) is 1.69. The summed E-state index contributed by atoms with van der Waals surface area (Å²) in [5.74, 6) is 0.538. The summed E-state index contributed by atoms with van der Waals surface area (Å²) in [7, 11) is -1.79. The molecule has 0 radical (unpaired) electrons. The van der Waals surface area contributed by atoms with Gasteiger partial charge in [-0.15, -0.1) is 22.9 Å². The third-order valence-corrected chi connectivity index (χ3v) is 6.11. The number of thiophene rings is 1. The van der Waals surface area contributed by atoms with Crippen molar-refractivity contribution in [2.75, 3.05) is 13.6 Å². The van der Waals surface area contributed by atoms with Gasteiger partial charge in [-0.3, -0.25) is 0 Å². The third-order valence-electron chi connectivity index (χ3n) is 2.40. The van der Waals surface area contributed by atoms with Gasteiger partial charge in [0.2, 0.25) is 10.0 Å². The molecule has 0 aliphatic rings. The molecule has 0 saturated carbocycles. The first kappa shape index (κ1) is 15.0. The quantitative estimate of drug-likeness (QED) is 0.783. The van der Waals surface area contributed by atoms with Crippen molar-refractivity contribution in [2.24, 2.45) is 5.92 Å². The van der Waals surface area contributed by atoms with Crippen LogP contribution in [0, 0.1) is 12.8 Å². The van der Waals surface area contributed by atoms with Crippen LogP contribution >= 0.6 is 22.9 Å². The highest BCUT2D eigenvalue weighted by molar-refractivity contribution is 7.89. The molecule has 0 bridgehead atoms. The lowest BCUT2D eigenvalue weighted by Crippen LogP contribution is -2.31. The number of sulfonamides is 1. The molecule has 1 aromatic heterocycles. The molecule has 6 heteroatoms. The minimum atomic E-state index is -3.40. The molecular weight excluding hydrogens is 278 g/mol. The Bertz CT molecular complexity index is 480. The van der Waals surface area contributed by atoms with Crippen LogP contribution in [0.25, 0.3) is 0 Å². The van der Waals surface area contributed by atoms with Gasteiger partial charge in [-0.25, -0.2) is 12.7 Å². The second-order valence-electron chi connectivity index (χ2n) is 4.48. The van der Waals surface area contributed by atoms with Crippen LogP contribution < -0.4 is 0 Å². The Kier molecular flexibility index (Phi) is 5.01. The van der Waals surface area contributed by atoms with Crippen molar-refractivity contribution in [2.45, 2.75) is 31.5 Å². The van der Waals surface area contributed by atoms with Gasteiger partial charge < -0.3 is 0 Å². The average Bonchev–Trinajstić information content (AvgIpc) is 2.58. The lowest BCUT2D eigenvalue weighted by molar-refractivity contribution is 0.417. The molecule has 0 aliphatic carbocycles. The first-order valence-corrected chi connectivity index (χ1v) is 8.25. The highest BCUT2D eigenvalue weighted by Gasteiger charge is 2.27. The maximum Gasteiger partial charge on any atom is 0.244 e. The number of rotatable bonds is 5. The van der Waals surface area contributed by atoms with E-state index < -0.39 is 10.0 Å². The van der Waals surface area contributed by atoms with E-state index in [1.165, 1.54) is 15.6 Å². The van der Waals surface area contributed by atoms with E-state index in [1.807, 2.05) is 26.2 Å². The monoisotopic (exact) mass is 295 g/mol. The Labute approximate surface area is 112 Å². The molecule has 0 N–H and O–H groups in total. The average molecular weight is 296 g/mol. The number of hydrogen-bond acceptors (Lipinski definition) is 3. The van der Waals surface area contributed by atoms with E-state index in [-0.39, 0.29) is 5.88 Å². The van der Waals surface area contributed by atoms with Crippen molar-refractivity contribution in [1.29, 1.82) is 0 Å². The summed E-state index contributed by atoms with van der Waals surface area (Å²) < 4.78 is 26.2. The van der Waals surface area contributed by atoms with Crippen molar-refractivity contribution >= 4 is 33.0 Å². The lowest BCUT2D eigenvalue weighted by Gasteiger charge is -2.19. The molecule has 98 valence electrons. The third kappa shape index (κ3) is 3.22. The highest BCUT2D eigenvalue weighted by atomic mass is 35.5. The van der Waals surface area contributed by atoms with E-state index in [9.17, 15) is 8.42 Å². The summed E-state index contributed by atoms with van der Waals surface area (Å²) in [6, 6.07) is 0. The normalized spacial score (nSPS) is 12.6. The van der Waals surface area contributed by atoms with Crippen LogP contribution in [0.3, 0.4) is 0 Å². The Morgan fingerprint density at radius 2 is 2.06 bits per heavy atom. The second kappa shape index (κ2) is 5.69. The molecule has 0 unspecified atom stereocenters. The summed E-state index contributed by atoms with van der Waals surface area (Å²) in [5, 5.41) is 1.84. The van der Waals surface area contributed by atoms with Crippen LogP contribution in [0.2, 0.25) is 0 Å².